The smallest absolute Gasteiger partial charge is 0.291 e. The Hall–Kier alpha value is -3.17. The van der Waals surface area contributed by atoms with Crippen LogP contribution in [-0.4, -0.2) is 33.8 Å². The highest BCUT2D eigenvalue weighted by molar-refractivity contribution is 7.90. The van der Waals surface area contributed by atoms with Crippen LogP contribution in [0, 0.1) is 0 Å². The number of para-hydroxylation sites is 1. The Morgan fingerprint density at radius 3 is 2.80 bits per heavy atom. The van der Waals surface area contributed by atoms with Crippen LogP contribution in [-0.2, 0) is 21.4 Å². The van der Waals surface area contributed by atoms with Crippen LogP contribution < -0.4 is 10.0 Å². The van der Waals surface area contributed by atoms with E-state index >= 15 is 0 Å². The third kappa shape index (κ3) is 4.07. The van der Waals surface area contributed by atoms with Gasteiger partial charge in [0.25, 0.3) is 15.9 Å². The van der Waals surface area contributed by atoms with Crippen LogP contribution >= 0.6 is 0 Å². The molecule has 0 spiro atoms. The molecule has 0 radical (unpaired) electrons. The van der Waals surface area contributed by atoms with E-state index in [0.717, 1.165) is 11.8 Å². The summed E-state index contributed by atoms with van der Waals surface area (Å²) < 4.78 is 38.7. The van der Waals surface area contributed by atoms with Gasteiger partial charge in [0, 0.05) is 36.7 Å². The third-order valence-electron chi connectivity index (χ3n) is 4.72. The summed E-state index contributed by atoms with van der Waals surface area (Å²) in [7, 11) is -2.24. The number of fused-ring (bicyclic) bond motifs is 1. The number of benzene rings is 2. The number of ether oxygens (including phenoxy) is 1. The predicted molar refractivity (Wildman–Crippen MR) is 113 cm³/mol. The van der Waals surface area contributed by atoms with Gasteiger partial charge in [0.05, 0.1) is 11.5 Å². The van der Waals surface area contributed by atoms with E-state index in [-0.39, 0.29) is 17.3 Å². The number of amides is 1. The lowest BCUT2D eigenvalue weighted by atomic mass is 10.1. The molecule has 1 aromatic heterocycles. The van der Waals surface area contributed by atoms with Crippen LogP contribution in [0.2, 0.25) is 0 Å². The first-order chi connectivity index (χ1) is 14.5. The number of sulfonamides is 1. The van der Waals surface area contributed by atoms with E-state index in [0.29, 0.717) is 35.6 Å². The van der Waals surface area contributed by atoms with Gasteiger partial charge in [0.15, 0.2) is 5.76 Å². The number of aliphatic imine (C=N–C) groups is 1. The number of carbonyl (C=O) groups is 1. The molecule has 0 saturated heterocycles. The molecule has 156 valence electrons. The summed E-state index contributed by atoms with van der Waals surface area (Å²) >= 11 is 0. The van der Waals surface area contributed by atoms with Gasteiger partial charge < -0.3 is 14.5 Å². The second-order valence-corrected chi connectivity index (χ2v) is 8.54. The van der Waals surface area contributed by atoms with Gasteiger partial charge in [-0.2, -0.15) is 0 Å². The van der Waals surface area contributed by atoms with Gasteiger partial charge in [0.2, 0.25) is 0 Å². The molecule has 30 heavy (non-hydrogen) atoms. The quantitative estimate of drug-likeness (QED) is 0.627. The number of hydrogen-bond acceptors (Lipinski definition) is 6. The van der Waals surface area contributed by atoms with Gasteiger partial charge in [-0.1, -0.05) is 24.3 Å². The normalized spacial score (nSPS) is 14.0. The van der Waals surface area contributed by atoms with Crippen LogP contribution in [0.15, 0.2) is 62.8 Å². The van der Waals surface area contributed by atoms with Crippen molar-refractivity contribution < 1.29 is 22.4 Å². The van der Waals surface area contributed by atoms with Crippen molar-refractivity contribution in [1.29, 1.82) is 0 Å². The molecule has 0 unspecified atom stereocenters. The van der Waals surface area contributed by atoms with E-state index < -0.39 is 15.9 Å². The van der Waals surface area contributed by atoms with Gasteiger partial charge in [-0.15, -0.1) is 0 Å². The van der Waals surface area contributed by atoms with Crippen molar-refractivity contribution in [3.05, 3.63) is 59.9 Å². The molecule has 0 aliphatic carbocycles. The monoisotopic (exact) mass is 427 g/mol. The Kier molecular flexibility index (Phi) is 5.56. The van der Waals surface area contributed by atoms with Crippen LogP contribution in [0.5, 0.6) is 0 Å². The summed E-state index contributed by atoms with van der Waals surface area (Å²) in [6.45, 7) is 0.829. The topological polar surface area (TPSA) is 110 Å². The van der Waals surface area contributed by atoms with E-state index in [2.05, 4.69) is 15.0 Å². The first-order valence-corrected chi connectivity index (χ1v) is 10.9. The van der Waals surface area contributed by atoms with Crippen molar-refractivity contribution in [3.8, 4) is 0 Å². The number of carbonyl (C=O) groups excluding carboxylic acids is 1. The summed E-state index contributed by atoms with van der Waals surface area (Å²) in [6, 6.07) is 13.3. The average Bonchev–Trinajstić information content (AvgIpc) is 3.36. The zero-order valence-electron chi connectivity index (χ0n) is 16.3. The third-order valence-corrected chi connectivity index (χ3v) is 6.10. The summed E-state index contributed by atoms with van der Waals surface area (Å²) in [5.74, 6) is 0.0987. The van der Waals surface area contributed by atoms with E-state index in [9.17, 15) is 13.2 Å². The molecule has 1 aliphatic rings. The zero-order chi connectivity index (χ0) is 21.1. The van der Waals surface area contributed by atoms with Crippen LogP contribution in [0.3, 0.4) is 0 Å². The molecule has 9 heteroatoms. The Morgan fingerprint density at radius 1 is 1.20 bits per heavy atom. The highest BCUT2D eigenvalue weighted by Gasteiger charge is 2.22. The molecule has 0 saturated carbocycles. The van der Waals surface area contributed by atoms with Gasteiger partial charge >= 0.3 is 0 Å². The van der Waals surface area contributed by atoms with Gasteiger partial charge in [-0.25, -0.2) is 8.42 Å². The number of rotatable bonds is 6. The number of nitrogens with one attached hydrogen (secondary N) is 2. The Morgan fingerprint density at radius 2 is 2.03 bits per heavy atom. The van der Waals surface area contributed by atoms with E-state index in [4.69, 9.17) is 9.15 Å². The molecule has 3 aromatic rings. The molecule has 2 heterocycles. The highest BCUT2D eigenvalue weighted by atomic mass is 32.2. The summed E-state index contributed by atoms with van der Waals surface area (Å²) in [4.78, 5) is 17.1. The molecule has 4 rings (SSSR count). The second-order valence-electron chi connectivity index (χ2n) is 6.86. The number of nitrogens with zero attached hydrogens (tertiary/aromatic N) is 1. The van der Waals surface area contributed by atoms with Crippen molar-refractivity contribution in [3.63, 3.8) is 0 Å². The number of furan rings is 1. The molecule has 8 nitrogen and oxygen atoms in total. The molecule has 0 fully saturated rings. The summed E-state index contributed by atoms with van der Waals surface area (Å²) in [5, 5.41) is 3.51. The molecule has 1 amide bonds. The highest BCUT2D eigenvalue weighted by Crippen LogP contribution is 2.27. The summed E-state index contributed by atoms with van der Waals surface area (Å²) in [6.07, 6.45) is 1.43. The number of amidine groups is 1. The van der Waals surface area contributed by atoms with Gasteiger partial charge in [0.1, 0.15) is 11.4 Å². The van der Waals surface area contributed by atoms with Crippen LogP contribution in [0.4, 0.5) is 5.69 Å². The number of methoxy groups -OCH3 is 1. The number of hydrogen-bond donors (Lipinski definition) is 2. The van der Waals surface area contributed by atoms with Crippen molar-refractivity contribution in [1.82, 2.24) is 4.72 Å². The fourth-order valence-electron chi connectivity index (χ4n) is 3.34. The first-order valence-electron chi connectivity index (χ1n) is 9.45. The maximum absolute atomic E-state index is 12.9. The molecular weight excluding hydrogens is 406 g/mol. The molecule has 0 atom stereocenters. The SMILES string of the molecule is COCc1c(C(=O)Nc2cccc(S(=O)(=O)NC3=NCCC3)c2)oc2ccccc12. The molecule has 2 aromatic carbocycles. The van der Waals surface area contributed by atoms with Gasteiger partial charge in [-0.05, 0) is 30.7 Å². The molecule has 1 aliphatic heterocycles. The van der Waals surface area contributed by atoms with Crippen molar-refractivity contribution in [2.24, 2.45) is 4.99 Å². The summed E-state index contributed by atoms with van der Waals surface area (Å²) in [5.41, 5.74) is 1.54. The Bertz CT molecular complexity index is 1230. The van der Waals surface area contributed by atoms with Crippen molar-refractivity contribution in [2.75, 3.05) is 19.0 Å². The largest absolute Gasteiger partial charge is 0.451 e. The molecule has 2 N–H and O–H groups in total. The lowest BCUT2D eigenvalue weighted by molar-refractivity contribution is 0.0992. The second kappa shape index (κ2) is 8.29. The lowest BCUT2D eigenvalue weighted by Gasteiger charge is -2.10. The van der Waals surface area contributed by atoms with Crippen molar-refractivity contribution in [2.45, 2.75) is 24.3 Å². The zero-order valence-corrected chi connectivity index (χ0v) is 17.2. The minimum absolute atomic E-state index is 0.0385. The van der Waals surface area contributed by atoms with E-state index in [1.165, 1.54) is 12.1 Å². The molecular formula is C21H21N3O5S. The minimum Gasteiger partial charge on any atom is -0.451 e. The maximum atomic E-state index is 12.9. The standard InChI is InChI=1S/C21H21N3O5S/c1-28-13-17-16-8-2-3-9-18(16)29-20(17)21(25)23-14-6-4-7-15(12-14)30(26,27)24-19-10-5-11-22-19/h2-4,6-9,12H,5,10-11,13H2,1H3,(H,22,24)(H,23,25). The Labute approximate surface area is 174 Å². The van der Waals surface area contributed by atoms with E-state index in [1.807, 2.05) is 18.2 Å². The Balaban J connectivity index is 1.59. The van der Waals surface area contributed by atoms with Crippen LogP contribution in [0.25, 0.3) is 11.0 Å². The lowest BCUT2D eigenvalue weighted by Crippen LogP contribution is -2.29. The first kappa shape index (κ1) is 20.1. The van der Waals surface area contributed by atoms with Crippen LogP contribution in [0.1, 0.15) is 29.0 Å². The average molecular weight is 427 g/mol. The maximum Gasteiger partial charge on any atom is 0.291 e. The number of anilines is 1. The molecule has 0 bridgehead atoms. The van der Waals surface area contributed by atoms with Crippen molar-refractivity contribution >= 4 is 38.4 Å². The minimum atomic E-state index is -3.78. The fourth-order valence-corrected chi connectivity index (χ4v) is 4.47. The predicted octanol–water partition coefficient (Wildman–Crippen LogP) is 3.30. The fraction of sp³-hybridized carbons (Fsp3) is 0.238. The van der Waals surface area contributed by atoms with E-state index in [1.54, 1.807) is 25.3 Å². The van der Waals surface area contributed by atoms with Gasteiger partial charge in [-0.3, -0.25) is 14.5 Å².